The number of rotatable bonds is 5. The van der Waals surface area contributed by atoms with E-state index in [0.717, 1.165) is 29.0 Å². The third-order valence-electron chi connectivity index (χ3n) is 3.42. The van der Waals surface area contributed by atoms with Gasteiger partial charge in [-0.2, -0.15) is 0 Å². The predicted molar refractivity (Wildman–Crippen MR) is 84.8 cm³/mol. The second kappa shape index (κ2) is 7.22. The number of nitrogens with one attached hydrogen (secondary N) is 1. The van der Waals surface area contributed by atoms with Crippen LogP contribution in [0, 0.1) is 32.4 Å². The summed E-state index contributed by atoms with van der Waals surface area (Å²) in [7, 11) is 0. The molecule has 2 aromatic carbocycles. The molecule has 0 saturated heterocycles. The van der Waals surface area contributed by atoms with Gasteiger partial charge in [0.15, 0.2) is 11.6 Å². The molecule has 2 aromatic rings. The molecular formula is C18H19F2NO2. The van der Waals surface area contributed by atoms with Crippen LogP contribution in [-0.4, -0.2) is 19.1 Å². The van der Waals surface area contributed by atoms with Crippen LogP contribution < -0.4 is 10.1 Å². The standard InChI is InChI=1S/C18H19F2NO2/c1-11-8-12(2)17(13(3)9-11)23-7-6-21-18(22)14-4-5-15(19)16(20)10-14/h4-5,8-10H,6-7H2,1-3H3,(H,21,22). The smallest absolute Gasteiger partial charge is 0.251 e. The minimum absolute atomic E-state index is 0.0756. The van der Waals surface area contributed by atoms with Crippen LogP contribution in [0.5, 0.6) is 5.75 Å². The first-order chi connectivity index (χ1) is 10.9. The van der Waals surface area contributed by atoms with Gasteiger partial charge < -0.3 is 10.1 Å². The molecule has 23 heavy (non-hydrogen) atoms. The van der Waals surface area contributed by atoms with E-state index < -0.39 is 17.5 Å². The van der Waals surface area contributed by atoms with Crippen LogP contribution in [0.4, 0.5) is 8.78 Å². The summed E-state index contributed by atoms with van der Waals surface area (Å²) in [4.78, 5) is 11.8. The average molecular weight is 319 g/mol. The van der Waals surface area contributed by atoms with Gasteiger partial charge in [-0.05, 0) is 50.1 Å². The molecule has 0 fully saturated rings. The highest BCUT2D eigenvalue weighted by Crippen LogP contribution is 2.24. The van der Waals surface area contributed by atoms with Gasteiger partial charge in [-0.15, -0.1) is 0 Å². The molecule has 0 atom stereocenters. The van der Waals surface area contributed by atoms with Crippen molar-refractivity contribution in [2.45, 2.75) is 20.8 Å². The monoisotopic (exact) mass is 319 g/mol. The first-order valence-corrected chi connectivity index (χ1v) is 7.32. The van der Waals surface area contributed by atoms with E-state index in [0.29, 0.717) is 6.61 Å². The summed E-state index contributed by atoms with van der Waals surface area (Å²) >= 11 is 0. The normalized spacial score (nSPS) is 10.5. The largest absolute Gasteiger partial charge is 0.491 e. The Morgan fingerprint density at radius 3 is 2.30 bits per heavy atom. The fourth-order valence-corrected chi connectivity index (χ4v) is 2.45. The van der Waals surface area contributed by atoms with E-state index in [2.05, 4.69) is 5.32 Å². The molecule has 0 heterocycles. The Balaban J connectivity index is 1.88. The fraction of sp³-hybridized carbons (Fsp3) is 0.278. The minimum Gasteiger partial charge on any atom is -0.491 e. The van der Waals surface area contributed by atoms with Gasteiger partial charge in [0.05, 0.1) is 6.54 Å². The highest BCUT2D eigenvalue weighted by Gasteiger charge is 2.10. The molecule has 0 aromatic heterocycles. The molecule has 2 rings (SSSR count). The molecule has 0 saturated carbocycles. The maximum atomic E-state index is 13.1. The van der Waals surface area contributed by atoms with Crippen LogP contribution >= 0.6 is 0 Å². The summed E-state index contributed by atoms with van der Waals surface area (Å²) in [5, 5.41) is 2.61. The first kappa shape index (κ1) is 16.9. The molecule has 0 aliphatic carbocycles. The van der Waals surface area contributed by atoms with Crippen molar-refractivity contribution in [3.05, 3.63) is 64.2 Å². The summed E-state index contributed by atoms with van der Waals surface area (Å²) in [6.45, 7) is 6.51. The van der Waals surface area contributed by atoms with E-state index in [9.17, 15) is 13.6 Å². The van der Waals surface area contributed by atoms with Gasteiger partial charge in [0.25, 0.3) is 5.91 Å². The molecule has 0 bridgehead atoms. The van der Waals surface area contributed by atoms with Gasteiger partial charge in [0.2, 0.25) is 0 Å². The Morgan fingerprint density at radius 2 is 1.70 bits per heavy atom. The zero-order chi connectivity index (χ0) is 17.0. The average Bonchev–Trinajstić information content (AvgIpc) is 2.48. The number of hydrogen-bond donors (Lipinski definition) is 1. The zero-order valence-corrected chi connectivity index (χ0v) is 13.4. The second-order valence-electron chi connectivity index (χ2n) is 5.46. The molecule has 122 valence electrons. The summed E-state index contributed by atoms with van der Waals surface area (Å²) in [5.74, 6) is -1.68. The maximum absolute atomic E-state index is 13.1. The first-order valence-electron chi connectivity index (χ1n) is 7.32. The quantitative estimate of drug-likeness (QED) is 0.854. The summed E-state index contributed by atoms with van der Waals surface area (Å²) in [6, 6.07) is 7.10. The van der Waals surface area contributed by atoms with Crippen molar-refractivity contribution in [1.82, 2.24) is 5.32 Å². The number of hydrogen-bond acceptors (Lipinski definition) is 2. The lowest BCUT2D eigenvalue weighted by Gasteiger charge is -2.13. The number of benzene rings is 2. The molecule has 0 unspecified atom stereocenters. The summed E-state index contributed by atoms with van der Waals surface area (Å²) in [6.07, 6.45) is 0. The molecule has 0 aliphatic rings. The van der Waals surface area contributed by atoms with Gasteiger partial charge >= 0.3 is 0 Å². The van der Waals surface area contributed by atoms with Gasteiger partial charge in [0, 0.05) is 5.56 Å². The van der Waals surface area contributed by atoms with Gasteiger partial charge in [-0.25, -0.2) is 8.78 Å². The fourth-order valence-electron chi connectivity index (χ4n) is 2.45. The van der Waals surface area contributed by atoms with E-state index in [-0.39, 0.29) is 12.1 Å². The van der Waals surface area contributed by atoms with Crippen molar-refractivity contribution in [3.8, 4) is 5.75 Å². The Hall–Kier alpha value is -2.43. The number of halogens is 2. The van der Waals surface area contributed by atoms with Gasteiger partial charge in [-0.3, -0.25) is 4.79 Å². The van der Waals surface area contributed by atoms with Crippen LogP contribution in [-0.2, 0) is 0 Å². The lowest BCUT2D eigenvalue weighted by molar-refractivity contribution is 0.0946. The van der Waals surface area contributed by atoms with Crippen LogP contribution in [0.15, 0.2) is 30.3 Å². The SMILES string of the molecule is Cc1cc(C)c(OCCNC(=O)c2ccc(F)c(F)c2)c(C)c1. The van der Waals surface area contributed by atoms with Crippen molar-refractivity contribution in [2.75, 3.05) is 13.2 Å². The van der Waals surface area contributed by atoms with E-state index >= 15 is 0 Å². The molecule has 0 spiro atoms. The maximum Gasteiger partial charge on any atom is 0.251 e. The molecule has 0 radical (unpaired) electrons. The topological polar surface area (TPSA) is 38.3 Å². The zero-order valence-electron chi connectivity index (χ0n) is 13.4. The lowest BCUT2D eigenvalue weighted by atomic mass is 10.1. The van der Waals surface area contributed by atoms with Crippen molar-refractivity contribution in [3.63, 3.8) is 0 Å². The Morgan fingerprint density at radius 1 is 1.04 bits per heavy atom. The third-order valence-corrected chi connectivity index (χ3v) is 3.42. The molecule has 1 amide bonds. The number of carbonyl (C=O) groups is 1. The van der Waals surface area contributed by atoms with Crippen LogP contribution in [0.2, 0.25) is 0 Å². The van der Waals surface area contributed by atoms with Gasteiger partial charge in [-0.1, -0.05) is 17.7 Å². The van der Waals surface area contributed by atoms with Crippen molar-refractivity contribution in [1.29, 1.82) is 0 Å². The lowest BCUT2D eigenvalue weighted by Crippen LogP contribution is -2.28. The highest BCUT2D eigenvalue weighted by molar-refractivity contribution is 5.94. The van der Waals surface area contributed by atoms with E-state index in [1.54, 1.807) is 0 Å². The van der Waals surface area contributed by atoms with E-state index in [4.69, 9.17) is 4.74 Å². The van der Waals surface area contributed by atoms with Crippen molar-refractivity contribution in [2.24, 2.45) is 0 Å². The number of amides is 1. The Labute approximate surface area is 134 Å². The summed E-state index contributed by atoms with van der Waals surface area (Å²) in [5.41, 5.74) is 3.31. The van der Waals surface area contributed by atoms with E-state index in [1.807, 2.05) is 32.9 Å². The van der Waals surface area contributed by atoms with Crippen LogP contribution in [0.25, 0.3) is 0 Å². The number of aryl methyl sites for hydroxylation is 3. The molecule has 1 N–H and O–H groups in total. The Kier molecular flexibility index (Phi) is 5.32. The van der Waals surface area contributed by atoms with E-state index in [1.165, 1.54) is 11.6 Å². The van der Waals surface area contributed by atoms with Crippen molar-refractivity contribution < 1.29 is 18.3 Å². The predicted octanol–water partition coefficient (Wildman–Crippen LogP) is 3.70. The van der Waals surface area contributed by atoms with Crippen molar-refractivity contribution >= 4 is 5.91 Å². The molecule has 5 heteroatoms. The molecule has 3 nitrogen and oxygen atoms in total. The third kappa shape index (κ3) is 4.28. The second-order valence-corrected chi connectivity index (χ2v) is 5.46. The van der Waals surface area contributed by atoms with Crippen LogP contribution in [0.3, 0.4) is 0 Å². The summed E-state index contributed by atoms with van der Waals surface area (Å²) < 4.78 is 31.6. The number of ether oxygens (including phenoxy) is 1. The Bertz CT molecular complexity index is 706. The number of carbonyl (C=O) groups excluding carboxylic acids is 1. The molecule has 0 aliphatic heterocycles. The highest BCUT2D eigenvalue weighted by atomic mass is 19.2. The molecular weight excluding hydrogens is 300 g/mol. The minimum atomic E-state index is -1.04. The van der Waals surface area contributed by atoms with Crippen LogP contribution in [0.1, 0.15) is 27.0 Å². The van der Waals surface area contributed by atoms with Gasteiger partial charge in [0.1, 0.15) is 12.4 Å².